The van der Waals surface area contributed by atoms with Gasteiger partial charge in [-0.2, -0.15) is 4.31 Å². The minimum Gasteiger partial charge on any atom is -0.304 e. The van der Waals surface area contributed by atoms with Gasteiger partial charge in [0.25, 0.3) is 15.9 Å². The van der Waals surface area contributed by atoms with Crippen molar-refractivity contribution in [3.05, 3.63) is 42.1 Å². The lowest BCUT2D eigenvalue weighted by atomic mass is 9.98. The number of benzene rings is 1. The fourth-order valence-electron chi connectivity index (χ4n) is 4.80. The quantitative estimate of drug-likeness (QED) is 0.463. The number of thiazole rings is 1. The Morgan fingerprint density at radius 3 is 2.23 bits per heavy atom. The molecule has 2 aromatic rings. The molecule has 1 aliphatic heterocycles. The van der Waals surface area contributed by atoms with Gasteiger partial charge >= 0.3 is 0 Å². The standard InChI is InChI=1S/C25H30F2N4O5S3/c1-30-8-10-31(11-9-30)39(35,36)23-15-28-25(37-23)29-24(32)20(12-16-13-21(26)22(27)14-16)17-2-4-18(5-3-17)38(33,34)19-6-7-19/h2-5,12,15-16,19,21-22H,6-11,13-14H2,1H3,(H,28,29,32)/t16?,21-,22+. The van der Waals surface area contributed by atoms with Crippen molar-refractivity contribution in [2.45, 2.75) is 52.4 Å². The maximum Gasteiger partial charge on any atom is 0.257 e. The van der Waals surface area contributed by atoms with Crippen LogP contribution in [0.15, 0.2) is 45.6 Å². The number of aromatic nitrogens is 1. The molecule has 1 aromatic carbocycles. The van der Waals surface area contributed by atoms with Gasteiger partial charge < -0.3 is 4.90 Å². The second kappa shape index (κ2) is 11.0. The molecule has 212 valence electrons. The Kier molecular flexibility index (Phi) is 7.94. The number of allylic oxidation sites excluding steroid dienone is 1. The molecule has 0 radical (unpaired) electrons. The lowest BCUT2D eigenvalue weighted by Crippen LogP contribution is -2.46. The number of nitrogens with zero attached hydrogens (tertiary/aromatic N) is 3. The van der Waals surface area contributed by atoms with Gasteiger partial charge in [-0.05, 0) is 56.3 Å². The molecule has 39 heavy (non-hydrogen) atoms. The number of nitrogens with one attached hydrogen (secondary N) is 1. The Balaban J connectivity index is 1.38. The first-order chi connectivity index (χ1) is 18.4. The summed E-state index contributed by atoms with van der Waals surface area (Å²) in [6.45, 7) is 1.92. The summed E-state index contributed by atoms with van der Waals surface area (Å²) < 4.78 is 80.4. The fourth-order valence-corrected chi connectivity index (χ4v) is 9.06. The maximum atomic E-state index is 13.9. The van der Waals surface area contributed by atoms with Crippen molar-refractivity contribution in [1.29, 1.82) is 0 Å². The highest BCUT2D eigenvalue weighted by Gasteiger charge is 2.37. The number of rotatable bonds is 8. The number of piperazine rings is 1. The first kappa shape index (κ1) is 28.3. The maximum absolute atomic E-state index is 13.9. The average molecular weight is 601 g/mol. The van der Waals surface area contributed by atoms with Crippen LogP contribution in [0.3, 0.4) is 0 Å². The van der Waals surface area contributed by atoms with Crippen LogP contribution in [-0.4, -0.2) is 87.8 Å². The van der Waals surface area contributed by atoms with Gasteiger partial charge in [0, 0.05) is 31.8 Å². The summed E-state index contributed by atoms with van der Waals surface area (Å²) in [5.74, 6) is -1.17. The molecule has 0 bridgehead atoms. The predicted octanol–water partition coefficient (Wildman–Crippen LogP) is 3.12. The van der Waals surface area contributed by atoms with Crippen molar-refractivity contribution >= 4 is 47.8 Å². The first-order valence-electron chi connectivity index (χ1n) is 12.8. The van der Waals surface area contributed by atoms with Crippen molar-refractivity contribution < 1.29 is 30.4 Å². The first-order valence-corrected chi connectivity index (χ1v) is 16.6. The Labute approximate surface area is 230 Å². The Morgan fingerprint density at radius 1 is 1.03 bits per heavy atom. The van der Waals surface area contributed by atoms with Gasteiger partial charge in [-0.15, -0.1) is 0 Å². The van der Waals surface area contributed by atoms with E-state index in [-0.39, 0.29) is 37.9 Å². The number of amides is 1. The number of carbonyl (C=O) groups is 1. The van der Waals surface area contributed by atoms with Gasteiger partial charge in [0.2, 0.25) is 0 Å². The van der Waals surface area contributed by atoms with Crippen LogP contribution in [0, 0.1) is 5.92 Å². The molecule has 3 atom stereocenters. The van der Waals surface area contributed by atoms with Crippen LogP contribution in [0.5, 0.6) is 0 Å². The fraction of sp³-hybridized carbons (Fsp3) is 0.520. The van der Waals surface area contributed by atoms with Gasteiger partial charge in [0.1, 0.15) is 12.3 Å². The number of hydrogen-bond acceptors (Lipinski definition) is 8. The zero-order chi connectivity index (χ0) is 27.9. The number of likely N-dealkylation sites (N-methyl/N-ethyl adjacent to an activating group) is 1. The number of halogens is 2. The van der Waals surface area contributed by atoms with Crippen molar-refractivity contribution in [2.24, 2.45) is 5.92 Å². The highest BCUT2D eigenvalue weighted by molar-refractivity contribution is 7.92. The van der Waals surface area contributed by atoms with Crippen molar-refractivity contribution in [3.63, 3.8) is 0 Å². The molecule has 2 heterocycles. The van der Waals surface area contributed by atoms with Crippen molar-refractivity contribution in [3.8, 4) is 0 Å². The zero-order valence-corrected chi connectivity index (χ0v) is 23.7. The SMILES string of the molecule is CN1CCN(S(=O)(=O)c2cnc(NC(=O)C(=CC3C[C@@H](F)[C@@H](F)C3)c3ccc(S(=O)(=O)C4CC4)cc3)s2)CC1. The molecule has 14 heteroatoms. The van der Waals surface area contributed by atoms with Crippen LogP contribution < -0.4 is 5.32 Å². The third kappa shape index (κ3) is 6.09. The van der Waals surface area contributed by atoms with Gasteiger partial charge in [0.15, 0.2) is 19.2 Å². The van der Waals surface area contributed by atoms with Crippen LogP contribution in [0.4, 0.5) is 13.9 Å². The van der Waals surface area contributed by atoms with E-state index in [2.05, 4.69) is 10.3 Å². The van der Waals surface area contributed by atoms with Crippen LogP contribution >= 0.6 is 11.3 Å². The lowest BCUT2D eigenvalue weighted by Gasteiger charge is -2.30. The third-order valence-electron chi connectivity index (χ3n) is 7.31. The Morgan fingerprint density at radius 2 is 1.64 bits per heavy atom. The summed E-state index contributed by atoms with van der Waals surface area (Å²) in [6.07, 6.45) is 0.552. The minimum absolute atomic E-state index is 0.00106. The van der Waals surface area contributed by atoms with Crippen LogP contribution in [0.2, 0.25) is 0 Å². The van der Waals surface area contributed by atoms with E-state index in [4.69, 9.17) is 0 Å². The Hall–Kier alpha value is -2.26. The van der Waals surface area contributed by atoms with E-state index in [1.807, 2.05) is 11.9 Å². The van der Waals surface area contributed by atoms with E-state index in [9.17, 15) is 30.4 Å². The molecule has 5 rings (SSSR count). The predicted molar refractivity (Wildman–Crippen MR) is 144 cm³/mol. The van der Waals surface area contributed by atoms with Gasteiger partial charge in [-0.3, -0.25) is 10.1 Å². The van der Waals surface area contributed by atoms with Gasteiger partial charge in [-0.1, -0.05) is 29.5 Å². The molecule has 1 amide bonds. The Bertz CT molecular complexity index is 1460. The highest BCUT2D eigenvalue weighted by atomic mass is 32.2. The highest BCUT2D eigenvalue weighted by Crippen LogP contribution is 2.36. The molecule has 2 aliphatic carbocycles. The normalized spacial score (nSPS) is 25.6. The summed E-state index contributed by atoms with van der Waals surface area (Å²) in [6, 6.07) is 5.86. The number of sulfone groups is 1. The summed E-state index contributed by atoms with van der Waals surface area (Å²) >= 11 is 0.822. The van der Waals surface area contributed by atoms with Crippen LogP contribution in [0.25, 0.3) is 5.57 Å². The van der Waals surface area contributed by atoms with E-state index in [1.165, 1.54) is 40.8 Å². The smallest absolute Gasteiger partial charge is 0.257 e. The zero-order valence-electron chi connectivity index (χ0n) is 21.3. The van der Waals surface area contributed by atoms with Crippen molar-refractivity contribution in [2.75, 3.05) is 38.5 Å². The molecule has 1 saturated heterocycles. The van der Waals surface area contributed by atoms with Gasteiger partial charge in [0.05, 0.1) is 16.3 Å². The van der Waals surface area contributed by atoms with E-state index in [1.54, 1.807) is 0 Å². The molecular formula is C25H30F2N4O5S3. The molecule has 9 nitrogen and oxygen atoms in total. The summed E-state index contributed by atoms with van der Waals surface area (Å²) in [7, 11) is -5.28. The minimum atomic E-state index is -3.77. The molecule has 3 aliphatic rings. The third-order valence-corrected chi connectivity index (χ3v) is 12.8. The summed E-state index contributed by atoms with van der Waals surface area (Å²) in [4.78, 5) is 19.6. The van der Waals surface area contributed by atoms with Crippen molar-refractivity contribution in [1.82, 2.24) is 14.2 Å². The van der Waals surface area contributed by atoms with E-state index < -0.39 is 44.0 Å². The largest absolute Gasteiger partial charge is 0.304 e. The monoisotopic (exact) mass is 600 g/mol. The van der Waals surface area contributed by atoms with Crippen LogP contribution in [0.1, 0.15) is 31.2 Å². The van der Waals surface area contributed by atoms with E-state index >= 15 is 0 Å². The average Bonchev–Trinajstić information content (AvgIpc) is 3.58. The van der Waals surface area contributed by atoms with Crippen LogP contribution in [-0.2, 0) is 24.7 Å². The lowest BCUT2D eigenvalue weighted by molar-refractivity contribution is -0.111. The number of carbonyl (C=O) groups excluding carboxylic acids is 1. The number of sulfonamides is 1. The second-order valence-corrected chi connectivity index (χ2v) is 15.7. The van der Waals surface area contributed by atoms with E-state index in [0.717, 1.165) is 11.3 Å². The summed E-state index contributed by atoms with van der Waals surface area (Å²) in [5, 5.41) is 2.29. The molecule has 2 saturated carbocycles. The molecule has 3 fully saturated rings. The molecular weight excluding hydrogens is 570 g/mol. The molecule has 1 aromatic heterocycles. The number of anilines is 1. The molecule has 1 N–H and O–H groups in total. The van der Waals surface area contributed by atoms with E-state index in [0.29, 0.717) is 44.6 Å². The number of hydrogen-bond donors (Lipinski definition) is 1. The number of alkyl halides is 2. The van der Waals surface area contributed by atoms with Gasteiger partial charge in [-0.25, -0.2) is 30.6 Å². The topological polar surface area (TPSA) is 117 Å². The second-order valence-electron chi connectivity index (χ2n) is 10.3. The summed E-state index contributed by atoms with van der Waals surface area (Å²) in [5.41, 5.74) is 0.483. The molecule has 1 unspecified atom stereocenters. The molecule has 0 spiro atoms.